The molecule has 1 aliphatic carbocycles. The van der Waals surface area contributed by atoms with Crippen LogP contribution in [-0.2, 0) is 9.47 Å². The first kappa shape index (κ1) is 16.0. The van der Waals surface area contributed by atoms with Gasteiger partial charge in [-0.1, -0.05) is 72.3 Å². The largest absolute Gasteiger partial charge is 0.351 e. The highest BCUT2D eigenvalue weighted by Crippen LogP contribution is 2.48. The molecule has 0 unspecified atom stereocenters. The summed E-state index contributed by atoms with van der Waals surface area (Å²) >= 11 is 3.68. The van der Waals surface area contributed by atoms with Crippen LogP contribution in [0.5, 0.6) is 0 Å². The number of benzene rings is 1. The monoisotopic (exact) mass is 362 g/mol. The molecule has 118 valence electrons. The van der Waals surface area contributed by atoms with Crippen LogP contribution in [-0.4, -0.2) is 12.9 Å². The molecule has 1 spiro atoms. The molecule has 1 heterocycles. The smallest absolute Gasteiger partial charge is 0.158 e. The predicted octanol–water partition coefficient (Wildman–Crippen LogP) is 5.41. The lowest BCUT2D eigenvalue weighted by molar-refractivity contribution is -0.254. The average Bonchev–Trinajstić information content (AvgIpc) is 2.51. The van der Waals surface area contributed by atoms with E-state index in [4.69, 9.17) is 9.47 Å². The quantitative estimate of drug-likeness (QED) is 0.669. The van der Waals surface area contributed by atoms with E-state index in [9.17, 15) is 0 Å². The molecule has 1 aliphatic heterocycles. The van der Waals surface area contributed by atoms with Crippen LogP contribution in [0.3, 0.4) is 0 Å². The van der Waals surface area contributed by atoms with Crippen molar-refractivity contribution in [2.75, 3.05) is 6.61 Å². The van der Waals surface area contributed by atoms with Gasteiger partial charge in [0.15, 0.2) is 6.29 Å². The number of hydrogen-bond donors (Lipinski definition) is 0. The Bertz CT molecular complexity index is 565. The molecule has 0 N–H and O–H groups in total. The zero-order valence-electron chi connectivity index (χ0n) is 13.2. The van der Waals surface area contributed by atoms with Gasteiger partial charge in [0.25, 0.3) is 0 Å². The number of halogens is 1. The summed E-state index contributed by atoms with van der Waals surface area (Å²) in [6.07, 6.45) is 10.7. The van der Waals surface area contributed by atoms with Crippen molar-refractivity contribution in [3.05, 3.63) is 58.6 Å². The third-order valence-electron chi connectivity index (χ3n) is 4.28. The van der Waals surface area contributed by atoms with Gasteiger partial charge in [0.05, 0.1) is 12.0 Å². The summed E-state index contributed by atoms with van der Waals surface area (Å²) in [6, 6.07) is 8.33. The van der Waals surface area contributed by atoms with Crippen molar-refractivity contribution in [1.29, 1.82) is 0 Å². The molecule has 0 bridgehead atoms. The highest BCUT2D eigenvalue weighted by atomic mass is 79.9. The van der Waals surface area contributed by atoms with Crippen molar-refractivity contribution in [2.24, 2.45) is 11.3 Å². The van der Waals surface area contributed by atoms with Crippen LogP contribution in [0.25, 0.3) is 0 Å². The minimum absolute atomic E-state index is 0.0200. The zero-order valence-corrected chi connectivity index (χ0v) is 14.8. The number of ether oxygens (including phenoxy) is 2. The molecule has 1 saturated heterocycles. The Morgan fingerprint density at radius 3 is 2.64 bits per heavy atom. The Hall–Kier alpha value is -0.900. The molecular weight excluding hydrogens is 340 g/mol. The minimum Gasteiger partial charge on any atom is -0.351 e. The first-order chi connectivity index (χ1) is 10.6. The van der Waals surface area contributed by atoms with E-state index < -0.39 is 0 Å². The molecule has 1 fully saturated rings. The molecule has 3 rings (SSSR count). The summed E-state index contributed by atoms with van der Waals surface area (Å²) in [4.78, 5) is 0. The van der Waals surface area contributed by atoms with Crippen LogP contribution >= 0.6 is 15.9 Å². The van der Waals surface area contributed by atoms with Gasteiger partial charge in [0.1, 0.15) is 6.10 Å². The maximum absolute atomic E-state index is 6.40. The average molecular weight is 363 g/mol. The Labute approximate surface area is 141 Å². The van der Waals surface area contributed by atoms with Gasteiger partial charge in [-0.2, -0.15) is 0 Å². The Kier molecular flexibility index (Phi) is 4.86. The van der Waals surface area contributed by atoms with Crippen LogP contribution in [0.1, 0.15) is 38.4 Å². The minimum atomic E-state index is -0.199. The molecule has 1 aromatic carbocycles. The van der Waals surface area contributed by atoms with Crippen LogP contribution < -0.4 is 0 Å². The highest BCUT2D eigenvalue weighted by Gasteiger charge is 2.44. The summed E-state index contributed by atoms with van der Waals surface area (Å²) in [7, 11) is 0. The summed E-state index contributed by atoms with van der Waals surface area (Å²) in [5.74, 6) is 0.552. The molecule has 0 amide bonds. The van der Waals surface area contributed by atoms with E-state index in [0.717, 1.165) is 17.3 Å². The first-order valence-corrected chi connectivity index (χ1v) is 8.77. The summed E-state index contributed by atoms with van der Waals surface area (Å²) in [5.41, 5.74) is 0.992. The summed E-state index contributed by atoms with van der Waals surface area (Å²) < 4.78 is 13.5. The lowest BCUT2D eigenvalue weighted by Crippen LogP contribution is -2.43. The van der Waals surface area contributed by atoms with E-state index in [0.29, 0.717) is 12.5 Å². The van der Waals surface area contributed by atoms with Crippen molar-refractivity contribution >= 4 is 15.9 Å². The SMILES string of the molecule is CC(C)C[C@H]1OCC2(C=CCC=C2)[C@@H](c2ccccc2Br)O1. The van der Waals surface area contributed by atoms with Crippen molar-refractivity contribution in [3.63, 3.8) is 0 Å². The fourth-order valence-electron chi connectivity index (χ4n) is 3.17. The van der Waals surface area contributed by atoms with E-state index in [1.807, 2.05) is 6.07 Å². The molecule has 22 heavy (non-hydrogen) atoms. The lowest BCUT2D eigenvalue weighted by Gasteiger charge is -2.44. The van der Waals surface area contributed by atoms with Crippen LogP contribution in [0.2, 0.25) is 0 Å². The normalized spacial score (nSPS) is 26.7. The predicted molar refractivity (Wildman–Crippen MR) is 92.5 cm³/mol. The topological polar surface area (TPSA) is 18.5 Å². The Morgan fingerprint density at radius 2 is 1.95 bits per heavy atom. The summed E-state index contributed by atoms with van der Waals surface area (Å²) in [6.45, 7) is 5.07. The van der Waals surface area contributed by atoms with Gasteiger partial charge in [-0.3, -0.25) is 0 Å². The molecule has 2 aliphatic rings. The lowest BCUT2D eigenvalue weighted by atomic mass is 9.76. The highest BCUT2D eigenvalue weighted by molar-refractivity contribution is 9.10. The Balaban J connectivity index is 1.94. The van der Waals surface area contributed by atoms with Gasteiger partial charge < -0.3 is 9.47 Å². The van der Waals surface area contributed by atoms with Crippen LogP contribution in [0, 0.1) is 11.3 Å². The van der Waals surface area contributed by atoms with Gasteiger partial charge in [-0.15, -0.1) is 0 Å². The molecule has 3 heteroatoms. The number of allylic oxidation sites excluding steroid dienone is 2. The van der Waals surface area contributed by atoms with E-state index in [1.165, 1.54) is 5.56 Å². The molecular formula is C19H23BrO2. The fraction of sp³-hybridized carbons (Fsp3) is 0.474. The zero-order chi connectivity index (χ0) is 15.6. The number of rotatable bonds is 3. The van der Waals surface area contributed by atoms with E-state index in [2.05, 4.69) is 72.3 Å². The van der Waals surface area contributed by atoms with E-state index in [1.54, 1.807) is 0 Å². The molecule has 0 aromatic heterocycles. The van der Waals surface area contributed by atoms with Crippen LogP contribution in [0.4, 0.5) is 0 Å². The third kappa shape index (κ3) is 3.22. The van der Waals surface area contributed by atoms with Gasteiger partial charge >= 0.3 is 0 Å². The van der Waals surface area contributed by atoms with Gasteiger partial charge in [-0.05, 0) is 24.0 Å². The van der Waals surface area contributed by atoms with E-state index >= 15 is 0 Å². The second kappa shape index (κ2) is 6.69. The maximum Gasteiger partial charge on any atom is 0.158 e. The second-order valence-corrected chi connectivity index (χ2v) is 7.41. The Morgan fingerprint density at radius 1 is 1.23 bits per heavy atom. The molecule has 0 radical (unpaired) electrons. The van der Waals surface area contributed by atoms with Crippen LogP contribution in [0.15, 0.2) is 53.0 Å². The fourth-order valence-corrected chi connectivity index (χ4v) is 3.66. The molecule has 2 nitrogen and oxygen atoms in total. The van der Waals surface area contributed by atoms with Gasteiger partial charge in [0, 0.05) is 10.9 Å². The molecule has 1 aromatic rings. The van der Waals surface area contributed by atoms with Gasteiger partial charge in [-0.25, -0.2) is 0 Å². The standard InChI is InChI=1S/C19H23BrO2/c1-14(2)12-17-21-13-19(10-6-3-7-11-19)18(22-17)15-8-4-5-9-16(15)20/h4-11,14,17-18H,3,12-13H2,1-2H3/t17-,18+/m0/s1. The third-order valence-corrected chi connectivity index (χ3v) is 5.00. The number of hydrogen-bond acceptors (Lipinski definition) is 2. The summed E-state index contributed by atoms with van der Waals surface area (Å²) in [5, 5.41) is 0. The molecule has 0 saturated carbocycles. The van der Waals surface area contributed by atoms with Crippen molar-refractivity contribution in [2.45, 2.75) is 39.1 Å². The van der Waals surface area contributed by atoms with E-state index in [-0.39, 0.29) is 17.8 Å². The van der Waals surface area contributed by atoms with Crippen molar-refractivity contribution in [1.82, 2.24) is 0 Å². The maximum atomic E-state index is 6.40. The van der Waals surface area contributed by atoms with Crippen molar-refractivity contribution in [3.8, 4) is 0 Å². The van der Waals surface area contributed by atoms with Crippen molar-refractivity contribution < 1.29 is 9.47 Å². The second-order valence-electron chi connectivity index (χ2n) is 6.56. The molecule has 2 atom stereocenters. The van der Waals surface area contributed by atoms with Gasteiger partial charge in [0.2, 0.25) is 0 Å². The first-order valence-electron chi connectivity index (χ1n) is 7.97.